The van der Waals surface area contributed by atoms with Crippen LogP contribution in [0.4, 0.5) is 17.1 Å². The van der Waals surface area contributed by atoms with Crippen LogP contribution in [0.3, 0.4) is 0 Å². The summed E-state index contributed by atoms with van der Waals surface area (Å²) in [6.07, 6.45) is 0. The predicted molar refractivity (Wildman–Crippen MR) is 174 cm³/mol. The van der Waals surface area contributed by atoms with Crippen LogP contribution >= 0.6 is 23.1 Å². The van der Waals surface area contributed by atoms with E-state index in [1.807, 2.05) is 42.5 Å². The maximum atomic E-state index is 14.1. The average molecular weight is 629 g/mol. The lowest BCUT2D eigenvalue weighted by molar-refractivity contribution is -0.122. The van der Waals surface area contributed by atoms with Crippen molar-refractivity contribution in [3.8, 4) is 5.75 Å². The minimum Gasteiger partial charge on any atom is -0.497 e. The first-order valence-electron chi connectivity index (χ1n) is 14.5. The zero-order valence-electron chi connectivity index (χ0n) is 24.6. The number of carbonyl (C=O) groups excluding carboxylic acids is 3. The summed E-state index contributed by atoms with van der Waals surface area (Å²) in [5, 5.41) is 2.63. The summed E-state index contributed by atoms with van der Waals surface area (Å²) in [7, 11) is 1.56. The lowest BCUT2D eigenvalue weighted by Gasteiger charge is -2.31. The molecule has 3 amide bonds. The zero-order chi connectivity index (χ0) is 31.0. The number of aromatic nitrogens is 1. The van der Waals surface area contributed by atoms with Gasteiger partial charge in [0.2, 0.25) is 17.7 Å². The molecule has 4 aromatic rings. The number of carbonyl (C=O) groups is 3. The second kappa shape index (κ2) is 12.3. The topological polar surface area (TPSA) is 101 Å². The quantitative estimate of drug-likeness (QED) is 0.255. The molecule has 0 radical (unpaired) electrons. The van der Waals surface area contributed by atoms with E-state index in [4.69, 9.17) is 4.74 Å². The number of hydrogen-bond acceptors (Lipinski definition) is 8. The first kappa shape index (κ1) is 29.7. The van der Waals surface area contributed by atoms with Crippen LogP contribution < -0.4 is 24.7 Å². The molecule has 9 nitrogen and oxygen atoms in total. The molecule has 2 aliphatic heterocycles. The first-order valence-corrected chi connectivity index (χ1v) is 16.2. The molecular weight excluding hydrogens is 597 g/mol. The van der Waals surface area contributed by atoms with Crippen LogP contribution in [0.1, 0.15) is 30.2 Å². The third-order valence-electron chi connectivity index (χ3n) is 8.12. The number of nitrogens with zero attached hydrogens (tertiary/aromatic N) is 3. The number of benzene rings is 3. The van der Waals surface area contributed by atoms with Gasteiger partial charge in [-0.1, -0.05) is 53.4 Å². The van der Waals surface area contributed by atoms with E-state index in [1.165, 1.54) is 21.2 Å². The molecule has 1 saturated heterocycles. The maximum Gasteiger partial charge on any atom is 0.308 e. The van der Waals surface area contributed by atoms with E-state index >= 15 is 0 Å². The Balaban J connectivity index is 1.41. The van der Waals surface area contributed by atoms with Gasteiger partial charge >= 0.3 is 4.87 Å². The van der Waals surface area contributed by atoms with E-state index in [1.54, 1.807) is 43.5 Å². The highest BCUT2D eigenvalue weighted by Crippen LogP contribution is 2.54. The molecular formula is C33H32N4O5S2. The molecule has 44 heavy (non-hydrogen) atoms. The van der Waals surface area contributed by atoms with Crippen LogP contribution in [0.2, 0.25) is 0 Å². The van der Waals surface area contributed by atoms with Gasteiger partial charge in [0.25, 0.3) is 0 Å². The van der Waals surface area contributed by atoms with Crippen LogP contribution in [-0.2, 0) is 20.9 Å². The van der Waals surface area contributed by atoms with E-state index in [-0.39, 0.29) is 29.1 Å². The molecule has 2 unspecified atom stereocenters. The minimum atomic E-state index is -0.762. The van der Waals surface area contributed by atoms with Crippen molar-refractivity contribution in [3.63, 3.8) is 0 Å². The van der Waals surface area contributed by atoms with Crippen LogP contribution in [-0.4, -0.2) is 47.7 Å². The van der Waals surface area contributed by atoms with Crippen LogP contribution in [0.15, 0.2) is 88.7 Å². The molecule has 3 heterocycles. The first-order chi connectivity index (χ1) is 21.3. The van der Waals surface area contributed by atoms with Gasteiger partial charge in [0.15, 0.2) is 0 Å². The van der Waals surface area contributed by atoms with Crippen LogP contribution in [0.5, 0.6) is 5.75 Å². The predicted octanol–water partition coefficient (Wildman–Crippen LogP) is 5.20. The van der Waals surface area contributed by atoms with Gasteiger partial charge in [-0.2, -0.15) is 0 Å². The van der Waals surface area contributed by atoms with Gasteiger partial charge in [-0.15, -0.1) is 0 Å². The zero-order valence-corrected chi connectivity index (χ0v) is 26.2. The number of fused-ring (bicyclic) bond motifs is 2. The highest BCUT2D eigenvalue weighted by Gasteiger charge is 2.56. The maximum absolute atomic E-state index is 14.1. The highest BCUT2D eigenvalue weighted by atomic mass is 32.2. The number of hydrogen-bond donors (Lipinski definition) is 1. The normalized spacial score (nSPS) is 19.0. The molecule has 0 bridgehead atoms. The number of anilines is 3. The summed E-state index contributed by atoms with van der Waals surface area (Å²) >= 11 is 2.24. The number of rotatable bonds is 9. The number of thiazole rings is 1. The fourth-order valence-corrected chi connectivity index (χ4v) is 8.72. The molecule has 3 atom stereocenters. The van der Waals surface area contributed by atoms with Gasteiger partial charge in [0.05, 0.1) is 23.7 Å². The second-order valence-electron chi connectivity index (χ2n) is 10.6. The summed E-state index contributed by atoms with van der Waals surface area (Å²) in [5.41, 5.74) is 2.99. The highest BCUT2D eigenvalue weighted by molar-refractivity contribution is 8.00. The molecule has 226 valence electrons. The van der Waals surface area contributed by atoms with Crippen molar-refractivity contribution >= 4 is 57.9 Å². The largest absolute Gasteiger partial charge is 0.497 e. The van der Waals surface area contributed by atoms with Crippen LogP contribution in [0.25, 0.3) is 0 Å². The Kier molecular flexibility index (Phi) is 8.33. The van der Waals surface area contributed by atoms with Crippen molar-refractivity contribution in [1.29, 1.82) is 0 Å². The second-order valence-corrected chi connectivity index (χ2v) is 12.7. The summed E-state index contributed by atoms with van der Waals surface area (Å²) in [6, 6.07) is 23.9. The standard InChI is InChI=1S/C33H32N4O5S2/c1-4-35(5-2)22-13-11-20(12-14-22)26-27-28(31(40)37(30(27)39)23-15-17-24(42-3)18-16-23)43-32-29(26)44-33(41)36(32)19-25(38)34-21-9-7-6-8-10-21/h6-18,26-28H,4-5,19H2,1-3H3,(H,34,38)/t26-,27?,28?/m1/s1. The van der Waals surface area contributed by atoms with Crippen molar-refractivity contribution in [3.05, 3.63) is 99.0 Å². The molecule has 6 rings (SSSR count). The Bertz CT molecular complexity index is 1750. The molecule has 0 aliphatic carbocycles. The average Bonchev–Trinajstić information content (AvgIpc) is 3.48. The van der Waals surface area contributed by atoms with Gasteiger partial charge in [0.1, 0.15) is 17.5 Å². The van der Waals surface area contributed by atoms with Crippen molar-refractivity contribution in [1.82, 2.24) is 4.57 Å². The molecule has 1 N–H and O–H groups in total. The fourth-order valence-electron chi connectivity index (χ4n) is 5.95. The Hall–Kier alpha value is -4.35. The Labute approximate surface area is 263 Å². The SMILES string of the molecule is CCN(CC)c1ccc([C@H]2c3sc(=O)n(CC(=O)Nc4ccccc4)c3SC3C(=O)N(c4ccc(OC)cc4)C(=O)C32)cc1. The summed E-state index contributed by atoms with van der Waals surface area (Å²) in [5.74, 6) is -1.63. The van der Waals surface area contributed by atoms with E-state index in [0.29, 0.717) is 27.0 Å². The number of nitrogens with one attached hydrogen (secondary N) is 1. The fraction of sp³-hybridized carbons (Fsp3) is 0.273. The van der Waals surface area contributed by atoms with Crippen molar-refractivity contribution in [2.75, 3.05) is 35.3 Å². The van der Waals surface area contributed by atoms with Gasteiger partial charge in [-0.05, 0) is 67.9 Å². The molecule has 1 fully saturated rings. The molecule has 11 heteroatoms. The Morgan fingerprint density at radius 1 is 0.909 bits per heavy atom. The van der Waals surface area contributed by atoms with Gasteiger partial charge in [0, 0.05) is 35.3 Å². The van der Waals surface area contributed by atoms with Crippen molar-refractivity contribution in [2.45, 2.75) is 36.6 Å². The smallest absolute Gasteiger partial charge is 0.308 e. The van der Waals surface area contributed by atoms with Gasteiger partial charge < -0.3 is 15.0 Å². The minimum absolute atomic E-state index is 0.206. The van der Waals surface area contributed by atoms with Gasteiger partial charge in [-0.3, -0.25) is 23.7 Å². The van der Waals surface area contributed by atoms with Crippen LogP contribution in [0, 0.1) is 5.92 Å². The van der Waals surface area contributed by atoms with E-state index in [2.05, 4.69) is 24.1 Å². The molecule has 0 saturated carbocycles. The van der Waals surface area contributed by atoms with E-state index in [9.17, 15) is 19.2 Å². The molecule has 1 aromatic heterocycles. The number of thioether (sulfide) groups is 1. The summed E-state index contributed by atoms with van der Waals surface area (Å²) < 4.78 is 6.70. The lowest BCUT2D eigenvalue weighted by atomic mass is 9.83. The number of imide groups is 1. The third kappa shape index (κ3) is 5.30. The molecule has 3 aromatic carbocycles. The number of amides is 3. The number of para-hydroxylation sites is 1. The third-order valence-corrected chi connectivity index (χ3v) is 10.7. The number of methoxy groups -OCH3 is 1. The Morgan fingerprint density at radius 2 is 1.59 bits per heavy atom. The van der Waals surface area contributed by atoms with Gasteiger partial charge in [-0.25, -0.2) is 4.90 Å². The van der Waals surface area contributed by atoms with E-state index in [0.717, 1.165) is 35.7 Å². The summed E-state index contributed by atoms with van der Waals surface area (Å²) in [6.45, 7) is 5.69. The Morgan fingerprint density at radius 3 is 2.23 bits per heavy atom. The lowest BCUT2D eigenvalue weighted by Crippen LogP contribution is -2.33. The monoisotopic (exact) mass is 628 g/mol. The molecule has 2 aliphatic rings. The van der Waals surface area contributed by atoms with Crippen molar-refractivity contribution in [2.24, 2.45) is 5.92 Å². The van der Waals surface area contributed by atoms with E-state index < -0.39 is 17.1 Å². The molecule has 0 spiro atoms. The van der Waals surface area contributed by atoms with Crippen molar-refractivity contribution < 1.29 is 19.1 Å². The summed E-state index contributed by atoms with van der Waals surface area (Å²) in [4.78, 5) is 58.4. The number of ether oxygens (including phenoxy) is 1.